The van der Waals surface area contributed by atoms with Crippen LogP contribution >= 0.6 is 0 Å². The highest BCUT2D eigenvalue weighted by Gasteiger charge is 2.21. The molecule has 6 rings (SSSR count). The van der Waals surface area contributed by atoms with Crippen LogP contribution in [0.4, 0.5) is 0 Å². The number of nitrogens with one attached hydrogen (secondary N) is 2. The molecule has 37 heavy (non-hydrogen) atoms. The Morgan fingerprint density at radius 3 is 1.84 bits per heavy atom. The van der Waals surface area contributed by atoms with Gasteiger partial charge in [0.25, 0.3) is 0 Å². The van der Waals surface area contributed by atoms with Gasteiger partial charge in [0.15, 0.2) is 11.5 Å². The van der Waals surface area contributed by atoms with Crippen LogP contribution in [0.5, 0.6) is 11.5 Å². The molecule has 186 valence electrons. The third kappa shape index (κ3) is 5.12. The molecule has 0 spiro atoms. The number of aryl methyl sites for hydroxylation is 1. The van der Waals surface area contributed by atoms with Gasteiger partial charge in [-0.1, -0.05) is 66.2 Å². The second-order valence-electron chi connectivity index (χ2n) is 9.42. The van der Waals surface area contributed by atoms with Crippen molar-refractivity contribution >= 4 is 12.4 Å². The molecular formula is C31H30N4O2. The minimum Gasteiger partial charge on any atom is -0.460 e. The third-order valence-electron chi connectivity index (χ3n) is 6.74. The quantitative estimate of drug-likeness (QED) is 0.310. The summed E-state index contributed by atoms with van der Waals surface area (Å²) in [6.45, 7) is 3.95. The summed E-state index contributed by atoms with van der Waals surface area (Å²) in [6.07, 6.45) is 7.71. The van der Waals surface area contributed by atoms with Gasteiger partial charge in [-0.05, 0) is 48.6 Å². The maximum atomic E-state index is 6.47. The van der Waals surface area contributed by atoms with E-state index in [9.17, 15) is 0 Å². The van der Waals surface area contributed by atoms with Crippen LogP contribution in [0.3, 0.4) is 0 Å². The van der Waals surface area contributed by atoms with Crippen molar-refractivity contribution in [3.8, 4) is 33.9 Å². The Labute approximate surface area is 217 Å². The highest BCUT2D eigenvalue weighted by atomic mass is 16.5. The molecule has 0 fully saturated rings. The Kier molecular flexibility index (Phi) is 6.67. The summed E-state index contributed by atoms with van der Waals surface area (Å²) >= 11 is 0. The first-order valence-electron chi connectivity index (χ1n) is 12.8. The van der Waals surface area contributed by atoms with Gasteiger partial charge in [0.1, 0.15) is 24.3 Å². The van der Waals surface area contributed by atoms with Gasteiger partial charge >= 0.3 is 0 Å². The molecule has 2 atom stereocenters. The van der Waals surface area contributed by atoms with E-state index in [1.54, 1.807) is 6.26 Å². The maximum Gasteiger partial charge on any atom is 0.181 e. The number of furan rings is 1. The lowest BCUT2D eigenvalue weighted by atomic mass is 10.0. The van der Waals surface area contributed by atoms with E-state index in [2.05, 4.69) is 76.1 Å². The fraction of sp³-hybridized carbons (Fsp3) is 0.226. The summed E-state index contributed by atoms with van der Waals surface area (Å²) in [6, 6.07) is 24.9. The number of nitrogens with zero attached hydrogens (tertiary/aromatic N) is 2. The van der Waals surface area contributed by atoms with Crippen LogP contribution in [0.25, 0.3) is 22.5 Å². The zero-order valence-corrected chi connectivity index (χ0v) is 20.9. The van der Waals surface area contributed by atoms with Crippen LogP contribution in [-0.4, -0.2) is 25.5 Å². The number of hydrogen-bond donors (Lipinski definition) is 2. The lowest BCUT2D eigenvalue weighted by molar-refractivity contribution is 0.473. The first kappa shape index (κ1) is 23.4. The molecule has 3 aromatic carbocycles. The van der Waals surface area contributed by atoms with Gasteiger partial charge in [-0.25, -0.2) is 0 Å². The van der Waals surface area contributed by atoms with Crippen molar-refractivity contribution in [1.29, 1.82) is 0 Å². The van der Waals surface area contributed by atoms with E-state index in [-0.39, 0.29) is 12.3 Å². The summed E-state index contributed by atoms with van der Waals surface area (Å²) in [5.41, 5.74) is 6.34. The van der Waals surface area contributed by atoms with Crippen LogP contribution in [0, 0.1) is 6.92 Å². The predicted molar refractivity (Wildman–Crippen MR) is 149 cm³/mol. The molecule has 0 saturated heterocycles. The molecule has 0 saturated carbocycles. The summed E-state index contributed by atoms with van der Waals surface area (Å²) in [7, 11) is 0. The molecule has 2 aliphatic rings. The normalized spacial score (nSPS) is 19.2. The summed E-state index contributed by atoms with van der Waals surface area (Å²) in [5, 5.41) is 6.88. The number of aliphatic imine (C=N–C) groups is 2. The van der Waals surface area contributed by atoms with Crippen molar-refractivity contribution in [3.63, 3.8) is 0 Å². The monoisotopic (exact) mass is 490 g/mol. The zero-order chi connectivity index (χ0) is 25.0. The van der Waals surface area contributed by atoms with Gasteiger partial charge in [-0.2, -0.15) is 0 Å². The van der Waals surface area contributed by atoms with Gasteiger partial charge in [-0.15, -0.1) is 0 Å². The van der Waals surface area contributed by atoms with Gasteiger partial charge in [0.05, 0.1) is 5.56 Å². The van der Waals surface area contributed by atoms with Gasteiger partial charge in [-0.3, -0.25) is 20.6 Å². The fourth-order valence-corrected chi connectivity index (χ4v) is 4.68. The Morgan fingerprint density at radius 1 is 0.730 bits per heavy atom. The number of hydrogen-bond acceptors (Lipinski definition) is 6. The molecule has 3 heterocycles. The first-order valence-corrected chi connectivity index (χ1v) is 12.8. The number of rotatable bonds is 6. The third-order valence-corrected chi connectivity index (χ3v) is 6.74. The minimum atomic E-state index is -0.000237. The molecule has 2 N–H and O–H groups in total. The fourth-order valence-electron chi connectivity index (χ4n) is 4.68. The van der Waals surface area contributed by atoms with Crippen molar-refractivity contribution in [2.75, 3.05) is 13.1 Å². The van der Waals surface area contributed by atoms with E-state index in [1.165, 1.54) is 5.56 Å². The molecule has 4 aromatic rings. The average molecular weight is 491 g/mol. The Morgan fingerprint density at radius 2 is 1.30 bits per heavy atom. The van der Waals surface area contributed by atoms with E-state index >= 15 is 0 Å². The standard InChI is InChI=1S/C31H30N4O2/c1-21-4-14-26(15-5-21)37-29-27(22-6-10-24(11-7-22)30-32-16-2-17-33-30)20-36-28(29)23-8-12-25(13-9-23)31-34-18-3-19-35-31/h4-16,18,20,30-31,33,35H,2-3,17,19H2,1H3. The lowest BCUT2D eigenvalue weighted by Crippen LogP contribution is -2.24. The van der Waals surface area contributed by atoms with E-state index in [0.717, 1.165) is 59.5 Å². The molecule has 2 aliphatic heterocycles. The summed E-state index contributed by atoms with van der Waals surface area (Å²) < 4.78 is 12.6. The molecular weight excluding hydrogens is 460 g/mol. The van der Waals surface area contributed by atoms with E-state index in [0.29, 0.717) is 11.5 Å². The molecule has 0 amide bonds. The van der Waals surface area contributed by atoms with Gasteiger partial charge in [0, 0.05) is 31.1 Å². The smallest absolute Gasteiger partial charge is 0.181 e. The average Bonchev–Trinajstić information content (AvgIpc) is 3.39. The number of ether oxygens (including phenoxy) is 1. The molecule has 2 unspecified atom stereocenters. The molecule has 0 aliphatic carbocycles. The highest BCUT2D eigenvalue weighted by molar-refractivity contribution is 5.80. The predicted octanol–water partition coefficient (Wildman–Crippen LogP) is 6.84. The topological polar surface area (TPSA) is 71.1 Å². The van der Waals surface area contributed by atoms with Crippen LogP contribution in [0.1, 0.15) is 41.9 Å². The minimum absolute atomic E-state index is 0.000237. The maximum absolute atomic E-state index is 6.47. The molecule has 0 bridgehead atoms. The second kappa shape index (κ2) is 10.5. The first-order chi connectivity index (χ1) is 18.2. The Balaban J connectivity index is 1.35. The molecule has 1 aromatic heterocycles. The van der Waals surface area contributed by atoms with Gasteiger partial charge < -0.3 is 9.15 Å². The van der Waals surface area contributed by atoms with Crippen LogP contribution in [0.15, 0.2) is 93.5 Å². The Hall–Kier alpha value is -4.00. The lowest BCUT2D eigenvalue weighted by Gasteiger charge is -2.18. The zero-order valence-electron chi connectivity index (χ0n) is 20.9. The summed E-state index contributed by atoms with van der Waals surface area (Å²) in [5.74, 6) is 2.17. The largest absolute Gasteiger partial charge is 0.460 e. The second-order valence-corrected chi connectivity index (χ2v) is 9.42. The van der Waals surface area contributed by atoms with Crippen LogP contribution < -0.4 is 15.4 Å². The molecule has 6 nitrogen and oxygen atoms in total. The van der Waals surface area contributed by atoms with E-state index in [4.69, 9.17) is 9.15 Å². The van der Waals surface area contributed by atoms with Crippen LogP contribution in [0.2, 0.25) is 0 Å². The molecule has 0 radical (unpaired) electrons. The van der Waals surface area contributed by atoms with Gasteiger partial charge in [0.2, 0.25) is 0 Å². The SMILES string of the molecule is Cc1ccc(Oc2c(-c3ccc(C4N=CCCN4)cc3)coc2-c2ccc(C3N=CCCN3)cc2)cc1. The van der Waals surface area contributed by atoms with Crippen molar-refractivity contribution < 1.29 is 9.15 Å². The molecule has 6 heteroatoms. The summed E-state index contributed by atoms with van der Waals surface area (Å²) in [4.78, 5) is 9.14. The van der Waals surface area contributed by atoms with Crippen molar-refractivity contribution in [2.45, 2.75) is 32.1 Å². The highest BCUT2D eigenvalue weighted by Crippen LogP contribution is 2.44. The van der Waals surface area contributed by atoms with E-state index in [1.807, 2.05) is 36.7 Å². The van der Waals surface area contributed by atoms with E-state index < -0.39 is 0 Å². The number of benzene rings is 3. The van der Waals surface area contributed by atoms with Crippen molar-refractivity contribution in [2.24, 2.45) is 9.98 Å². The van der Waals surface area contributed by atoms with Crippen LogP contribution in [-0.2, 0) is 0 Å². The van der Waals surface area contributed by atoms with Crippen molar-refractivity contribution in [3.05, 3.63) is 95.7 Å². The van der Waals surface area contributed by atoms with Crippen molar-refractivity contribution in [1.82, 2.24) is 10.6 Å². The Bertz CT molecular complexity index is 1320.